The Bertz CT molecular complexity index is 1360. The number of carbonyl (C=O) groups excluding carboxylic acids is 1. The second-order valence-electron chi connectivity index (χ2n) is 7.70. The van der Waals surface area contributed by atoms with Crippen LogP contribution in [0.4, 0.5) is 5.69 Å². The van der Waals surface area contributed by atoms with Gasteiger partial charge in [-0.3, -0.25) is 9.78 Å². The maximum absolute atomic E-state index is 12.8. The number of amides is 1. The van der Waals surface area contributed by atoms with Crippen molar-refractivity contribution < 1.29 is 4.79 Å². The van der Waals surface area contributed by atoms with Gasteiger partial charge in [0.05, 0.1) is 11.0 Å². The number of imidazole rings is 1. The van der Waals surface area contributed by atoms with Crippen LogP contribution in [0.2, 0.25) is 0 Å². The van der Waals surface area contributed by atoms with Crippen LogP contribution in [0.1, 0.15) is 35.8 Å². The standard InChI is InChI=1S/C24H21N5O/c1-14(2)15-5-6-16-11-22(27-20(16)10-15)24(30)26-18-7-8-19-21(12-18)29-23(28-19)17-4-3-9-25-13-17/h3-14,27H,1-2H3,(H,26,30)(H,28,29). The number of benzene rings is 2. The van der Waals surface area contributed by atoms with Crippen molar-refractivity contribution in [1.29, 1.82) is 0 Å². The summed E-state index contributed by atoms with van der Waals surface area (Å²) < 4.78 is 0. The van der Waals surface area contributed by atoms with Gasteiger partial charge in [-0.2, -0.15) is 0 Å². The number of pyridine rings is 1. The molecule has 0 unspecified atom stereocenters. The van der Waals surface area contributed by atoms with Gasteiger partial charge in [-0.15, -0.1) is 0 Å². The number of hydrogen-bond donors (Lipinski definition) is 3. The third-order valence-corrected chi connectivity index (χ3v) is 5.23. The number of nitrogens with one attached hydrogen (secondary N) is 3. The molecular formula is C24H21N5O. The lowest BCUT2D eigenvalue weighted by Crippen LogP contribution is -2.12. The van der Waals surface area contributed by atoms with E-state index in [0.717, 1.165) is 33.3 Å². The fourth-order valence-corrected chi connectivity index (χ4v) is 3.55. The number of nitrogens with zero attached hydrogens (tertiary/aromatic N) is 2. The summed E-state index contributed by atoms with van der Waals surface area (Å²) in [5.74, 6) is 1.01. The number of anilines is 1. The van der Waals surface area contributed by atoms with Gasteiger partial charge in [0.15, 0.2) is 0 Å². The number of fused-ring (bicyclic) bond motifs is 2. The van der Waals surface area contributed by atoms with Crippen LogP contribution in [0.25, 0.3) is 33.3 Å². The van der Waals surface area contributed by atoms with Gasteiger partial charge in [0.25, 0.3) is 5.91 Å². The lowest BCUT2D eigenvalue weighted by Gasteiger charge is -2.04. The lowest BCUT2D eigenvalue weighted by atomic mass is 10.0. The predicted octanol–water partition coefficient (Wildman–Crippen LogP) is 5.48. The molecule has 0 atom stereocenters. The Morgan fingerprint density at radius 2 is 1.90 bits per heavy atom. The average Bonchev–Trinajstić information content (AvgIpc) is 3.37. The summed E-state index contributed by atoms with van der Waals surface area (Å²) in [5, 5.41) is 3.99. The summed E-state index contributed by atoms with van der Waals surface area (Å²) in [5.41, 5.74) is 6.05. The monoisotopic (exact) mass is 395 g/mol. The minimum atomic E-state index is -0.177. The minimum Gasteiger partial charge on any atom is -0.351 e. The molecular weight excluding hydrogens is 374 g/mol. The number of H-pyrrole nitrogens is 2. The molecule has 3 heterocycles. The van der Waals surface area contributed by atoms with Crippen LogP contribution in [0.3, 0.4) is 0 Å². The number of aromatic amines is 2. The first-order valence-electron chi connectivity index (χ1n) is 9.91. The van der Waals surface area contributed by atoms with E-state index in [4.69, 9.17) is 0 Å². The van der Waals surface area contributed by atoms with Crippen molar-refractivity contribution in [2.24, 2.45) is 0 Å². The Kier molecular flexibility index (Phi) is 4.32. The highest BCUT2D eigenvalue weighted by Gasteiger charge is 2.12. The number of aromatic nitrogens is 4. The molecule has 0 aliphatic heterocycles. The van der Waals surface area contributed by atoms with Crippen molar-refractivity contribution >= 4 is 33.5 Å². The number of carbonyl (C=O) groups is 1. The normalized spacial score (nSPS) is 11.4. The van der Waals surface area contributed by atoms with E-state index in [1.54, 1.807) is 12.4 Å². The van der Waals surface area contributed by atoms with Gasteiger partial charge in [-0.1, -0.05) is 26.0 Å². The van der Waals surface area contributed by atoms with E-state index < -0.39 is 0 Å². The molecule has 5 rings (SSSR count). The first kappa shape index (κ1) is 18.1. The van der Waals surface area contributed by atoms with Gasteiger partial charge in [0.2, 0.25) is 0 Å². The molecule has 1 amide bonds. The maximum atomic E-state index is 12.8. The van der Waals surface area contributed by atoms with Crippen LogP contribution < -0.4 is 5.32 Å². The first-order valence-corrected chi connectivity index (χ1v) is 9.91. The average molecular weight is 395 g/mol. The molecule has 0 aliphatic carbocycles. The van der Waals surface area contributed by atoms with E-state index in [1.807, 2.05) is 36.4 Å². The molecule has 6 heteroatoms. The third kappa shape index (κ3) is 3.33. The third-order valence-electron chi connectivity index (χ3n) is 5.23. The Hall–Kier alpha value is -3.93. The van der Waals surface area contributed by atoms with Crippen LogP contribution in [0.15, 0.2) is 67.0 Å². The molecule has 30 heavy (non-hydrogen) atoms. The van der Waals surface area contributed by atoms with Crippen molar-refractivity contribution in [3.05, 3.63) is 78.2 Å². The second kappa shape index (κ2) is 7.15. The molecule has 5 aromatic rings. The first-order chi connectivity index (χ1) is 14.6. The molecule has 0 saturated carbocycles. The zero-order chi connectivity index (χ0) is 20.7. The molecule has 0 aliphatic rings. The molecule has 6 nitrogen and oxygen atoms in total. The van der Waals surface area contributed by atoms with Crippen molar-refractivity contribution in [1.82, 2.24) is 19.9 Å². The van der Waals surface area contributed by atoms with Crippen LogP contribution in [0, 0.1) is 0 Å². The zero-order valence-electron chi connectivity index (χ0n) is 16.7. The van der Waals surface area contributed by atoms with E-state index in [2.05, 4.69) is 57.3 Å². The van der Waals surface area contributed by atoms with Crippen LogP contribution >= 0.6 is 0 Å². The second-order valence-corrected chi connectivity index (χ2v) is 7.70. The molecule has 3 N–H and O–H groups in total. The van der Waals surface area contributed by atoms with Gasteiger partial charge < -0.3 is 15.3 Å². The van der Waals surface area contributed by atoms with E-state index >= 15 is 0 Å². The molecule has 0 radical (unpaired) electrons. The van der Waals surface area contributed by atoms with Crippen molar-refractivity contribution in [2.75, 3.05) is 5.32 Å². The fraction of sp³-hybridized carbons (Fsp3) is 0.125. The van der Waals surface area contributed by atoms with Gasteiger partial charge >= 0.3 is 0 Å². The zero-order valence-corrected chi connectivity index (χ0v) is 16.7. The maximum Gasteiger partial charge on any atom is 0.272 e. The predicted molar refractivity (Wildman–Crippen MR) is 120 cm³/mol. The summed E-state index contributed by atoms with van der Waals surface area (Å²) in [4.78, 5) is 28.0. The topological polar surface area (TPSA) is 86.5 Å². The smallest absolute Gasteiger partial charge is 0.272 e. The van der Waals surface area contributed by atoms with Gasteiger partial charge in [-0.05, 0) is 53.9 Å². The summed E-state index contributed by atoms with van der Waals surface area (Å²) >= 11 is 0. The van der Waals surface area contributed by atoms with E-state index in [9.17, 15) is 4.79 Å². The molecule has 2 aromatic carbocycles. The van der Waals surface area contributed by atoms with Crippen molar-refractivity contribution in [3.63, 3.8) is 0 Å². The summed E-state index contributed by atoms with van der Waals surface area (Å²) in [6, 6.07) is 17.6. The van der Waals surface area contributed by atoms with E-state index in [-0.39, 0.29) is 5.91 Å². The summed E-state index contributed by atoms with van der Waals surface area (Å²) in [6.45, 7) is 4.31. The van der Waals surface area contributed by atoms with Crippen molar-refractivity contribution in [3.8, 4) is 11.4 Å². The highest BCUT2D eigenvalue weighted by molar-refractivity contribution is 6.06. The summed E-state index contributed by atoms with van der Waals surface area (Å²) in [7, 11) is 0. The molecule has 0 bridgehead atoms. The lowest BCUT2D eigenvalue weighted by molar-refractivity contribution is 0.102. The van der Waals surface area contributed by atoms with Crippen LogP contribution in [-0.4, -0.2) is 25.8 Å². The van der Waals surface area contributed by atoms with Crippen molar-refractivity contribution in [2.45, 2.75) is 19.8 Å². The fourth-order valence-electron chi connectivity index (χ4n) is 3.55. The largest absolute Gasteiger partial charge is 0.351 e. The Balaban J connectivity index is 1.41. The Morgan fingerprint density at radius 1 is 1.00 bits per heavy atom. The van der Waals surface area contributed by atoms with Gasteiger partial charge in [-0.25, -0.2) is 4.98 Å². The van der Waals surface area contributed by atoms with E-state index in [0.29, 0.717) is 17.3 Å². The molecule has 0 saturated heterocycles. The molecule has 0 fully saturated rings. The summed E-state index contributed by atoms with van der Waals surface area (Å²) in [6.07, 6.45) is 3.49. The molecule has 148 valence electrons. The molecule has 3 aromatic heterocycles. The van der Waals surface area contributed by atoms with Gasteiger partial charge in [0, 0.05) is 34.5 Å². The Labute approximate surface area is 173 Å². The highest BCUT2D eigenvalue weighted by Crippen LogP contribution is 2.24. The minimum absolute atomic E-state index is 0.177. The SMILES string of the molecule is CC(C)c1ccc2cc(C(=O)Nc3ccc4nc(-c5cccnc5)[nH]c4c3)[nH]c2c1. The van der Waals surface area contributed by atoms with Crippen LogP contribution in [0.5, 0.6) is 0 Å². The number of rotatable bonds is 4. The number of hydrogen-bond acceptors (Lipinski definition) is 3. The quantitative estimate of drug-likeness (QED) is 0.376. The van der Waals surface area contributed by atoms with Crippen LogP contribution in [-0.2, 0) is 0 Å². The molecule has 0 spiro atoms. The highest BCUT2D eigenvalue weighted by atomic mass is 16.1. The Morgan fingerprint density at radius 3 is 2.70 bits per heavy atom. The van der Waals surface area contributed by atoms with E-state index in [1.165, 1.54) is 5.56 Å². The van der Waals surface area contributed by atoms with Gasteiger partial charge in [0.1, 0.15) is 11.5 Å².